The number of aryl methyl sites for hydroxylation is 1. The lowest BCUT2D eigenvalue weighted by Crippen LogP contribution is -2.25. The van der Waals surface area contributed by atoms with Gasteiger partial charge in [0.2, 0.25) is 0 Å². The third-order valence-corrected chi connectivity index (χ3v) is 6.97. The van der Waals surface area contributed by atoms with Gasteiger partial charge in [-0.15, -0.1) is 0 Å². The number of rotatable bonds is 8. The first-order valence-corrected chi connectivity index (χ1v) is 13.4. The van der Waals surface area contributed by atoms with Crippen LogP contribution in [0.2, 0.25) is 0 Å². The summed E-state index contributed by atoms with van der Waals surface area (Å²) in [7, 11) is 0. The summed E-state index contributed by atoms with van der Waals surface area (Å²) in [5, 5.41) is 0. The Labute approximate surface area is 250 Å². The summed E-state index contributed by atoms with van der Waals surface area (Å²) < 4.78 is 148. The van der Waals surface area contributed by atoms with Gasteiger partial charge in [0, 0.05) is 17.7 Å². The molecular weight excluding hydrogens is 614 g/mol. The van der Waals surface area contributed by atoms with Crippen molar-refractivity contribution in [3.8, 4) is 39.1 Å². The van der Waals surface area contributed by atoms with Gasteiger partial charge in [-0.25, -0.2) is 35.1 Å². The van der Waals surface area contributed by atoms with Gasteiger partial charge in [-0.3, -0.25) is 0 Å². The van der Waals surface area contributed by atoms with Crippen molar-refractivity contribution in [3.05, 3.63) is 137 Å². The molecule has 1 nitrogen and oxygen atoms in total. The lowest BCUT2D eigenvalue weighted by atomic mass is 9.95. The summed E-state index contributed by atoms with van der Waals surface area (Å²) in [4.78, 5) is 0. The van der Waals surface area contributed by atoms with E-state index in [1.807, 2.05) is 31.2 Å². The van der Waals surface area contributed by atoms with Crippen molar-refractivity contribution in [3.63, 3.8) is 0 Å². The van der Waals surface area contributed by atoms with E-state index < -0.39 is 75.1 Å². The minimum Gasteiger partial charge on any atom is -0.429 e. The molecule has 0 heterocycles. The molecule has 0 fully saturated rings. The molecule has 0 aliphatic heterocycles. The van der Waals surface area contributed by atoms with Crippen LogP contribution in [0.4, 0.5) is 43.9 Å². The highest BCUT2D eigenvalue weighted by Gasteiger charge is 2.42. The molecule has 45 heavy (non-hydrogen) atoms. The molecule has 0 aliphatic carbocycles. The predicted octanol–water partition coefficient (Wildman–Crippen LogP) is 10.9. The van der Waals surface area contributed by atoms with Crippen LogP contribution in [0.1, 0.15) is 24.5 Å². The van der Waals surface area contributed by atoms with Crippen molar-refractivity contribution in [2.75, 3.05) is 0 Å². The Bertz CT molecular complexity index is 1830. The van der Waals surface area contributed by atoms with E-state index in [0.717, 1.165) is 30.5 Å². The van der Waals surface area contributed by atoms with Crippen molar-refractivity contribution in [2.45, 2.75) is 25.9 Å². The lowest BCUT2D eigenvalue weighted by molar-refractivity contribution is -0.189. The number of hydrogen-bond donors (Lipinski definition) is 0. The molecular formula is C34H20F10O. The van der Waals surface area contributed by atoms with Gasteiger partial charge in [0.25, 0.3) is 0 Å². The van der Waals surface area contributed by atoms with E-state index in [4.69, 9.17) is 0 Å². The molecule has 0 aromatic heterocycles. The van der Waals surface area contributed by atoms with Gasteiger partial charge in [-0.2, -0.15) is 8.78 Å². The minimum absolute atomic E-state index is 0.0316. The maximum absolute atomic E-state index is 15.2. The second-order valence-corrected chi connectivity index (χ2v) is 10.1. The highest BCUT2D eigenvalue weighted by molar-refractivity contribution is 5.75. The maximum atomic E-state index is 15.2. The van der Waals surface area contributed by atoms with E-state index in [2.05, 4.69) is 4.74 Å². The van der Waals surface area contributed by atoms with Crippen LogP contribution < -0.4 is 4.74 Å². The van der Waals surface area contributed by atoms with Gasteiger partial charge in [0.15, 0.2) is 17.5 Å². The number of alkyl halides is 2. The van der Waals surface area contributed by atoms with Crippen LogP contribution in [0.25, 0.3) is 33.4 Å². The van der Waals surface area contributed by atoms with Gasteiger partial charge < -0.3 is 4.74 Å². The predicted molar refractivity (Wildman–Crippen MR) is 147 cm³/mol. The highest BCUT2D eigenvalue weighted by Crippen LogP contribution is 2.39. The molecule has 0 unspecified atom stereocenters. The Morgan fingerprint density at radius 3 is 1.58 bits per heavy atom. The summed E-state index contributed by atoms with van der Waals surface area (Å²) in [6.07, 6.45) is -3.06. The van der Waals surface area contributed by atoms with Gasteiger partial charge in [-0.05, 0) is 64.6 Å². The van der Waals surface area contributed by atoms with Crippen molar-refractivity contribution in [1.82, 2.24) is 0 Å². The minimum atomic E-state index is -4.90. The SMILES string of the molecule is CCCc1ccc(-c2ccc(-c3cc(F)c(-c4cc(F)c(C(F)(F)Oc5cc(F)c(F)c(F)c5)c(F)c4)c(F)c3)c(F)c2)cc1. The zero-order chi connectivity index (χ0) is 32.6. The molecule has 0 atom stereocenters. The summed E-state index contributed by atoms with van der Waals surface area (Å²) in [5.41, 5.74) is -1.95. The highest BCUT2D eigenvalue weighted by atomic mass is 19.3. The topological polar surface area (TPSA) is 9.23 Å². The average Bonchev–Trinajstić information content (AvgIpc) is 2.95. The van der Waals surface area contributed by atoms with Crippen LogP contribution >= 0.6 is 0 Å². The molecule has 5 rings (SSSR count). The third kappa shape index (κ3) is 6.38. The lowest BCUT2D eigenvalue weighted by Gasteiger charge is -2.20. The zero-order valence-electron chi connectivity index (χ0n) is 23.1. The summed E-state index contributed by atoms with van der Waals surface area (Å²) in [5.74, 6) is -14.7. The van der Waals surface area contributed by atoms with Crippen molar-refractivity contribution >= 4 is 0 Å². The molecule has 232 valence electrons. The van der Waals surface area contributed by atoms with Gasteiger partial charge in [0.05, 0.1) is 5.56 Å². The Hall–Kier alpha value is -4.80. The monoisotopic (exact) mass is 634 g/mol. The second-order valence-electron chi connectivity index (χ2n) is 10.1. The van der Waals surface area contributed by atoms with Crippen LogP contribution in [-0.4, -0.2) is 0 Å². The first kappa shape index (κ1) is 31.6. The van der Waals surface area contributed by atoms with Crippen LogP contribution in [0.5, 0.6) is 5.75 Å². The summed E-state index contributed by atoms with van der Waals surface area (Å²) >= 11 is 0. The van der Waals surface area contributed by atoms with Gasteiger partial charge >= 0.3 is 6.11 Å². The van der Waals surface area contributed by atoms with Crippen LogP contribution in [0, 0.1) is 46.5 Å². The Morgan fingerprint density at radius 1 is 0.533 bits per heavy atom. The molecule has 0 N–H and O–H groups in total. The van der Waals surface area contributed by atoms with Crippen molar-refractivity contribution in [2.24, 2.45) is 0 Å². The van der Waals surface area contributed by atoms with E-state index in [1.165, 1.54) is 12.1 Å². The number of hydrogen-bond acceptors (Lipinski definition) is 1. The molecule has 5 aromatic carbocycles. The summed E-state index contributed by atoms with van der Waals surface area (Å²) in [6.45, 7) is 2.04. The van der Waals surface area contributed by atoms with E-state index in [0.29, 0.717) is 11.1 Å². The van der Waals surface area contributed by atoms with E-state index in [9.17, 15) is 30.7 Å². The average molecular weight is 635 g/mol. The molecule has 0 aliphatic rings. The quantitative estimate of drug-likeness (QED) is 0.122. The number of benzene rings is 5. The van der Waals surface area contributed by atoms with Gasteiger partial charge in [-0.1, -0.05) is 49.7 Å². The Kier molecular flexibility index (Phi) is 8.64. The molecule has 5 aromatic rings. The molecule has 0 saturated carbocycles. The molecule has 0 amide bonds. The van der Waals surface area contributed by atoms with Crippen molar-refractivity contribution < 1.29 is 48.6 Å². The van der Waals surface area contributed by atoms with Crippen molar-refractivity contribution in [1.29, 1.82) is 0 Å². The fourth-order valence-corrected chi connectivity index (χ4v) is 4.87. The number of halogens is 10. The molecule has 0 spiro atoms. The van der Waals surface area contributed by atoms with Crippen LogP contribution in [-0.2, 0) is 12.5 Å². The van der Waals surface area contributed by atoms with Crippen LogP contribution in [0.3, 0.4) is 0 Å². The van der Waals surface area contributed by atoms with Crippen LogP contribution in [0.15, 0.2) is 78.9 Å². The molecule has 11 heteroatoms. The third-order valence-electron chi connectivity index (χ3n) is 6.97. The van der Waals surface area contributed by atoms with E-state index >= 15 is 13.2 Å². The fourth-order valence-electron chi connectivity index (χ4n) is 4.87. The molecule has 0 saturated heterocycles. The van der Waals surface area contributed by atoms with E-state index in [1.54, 1.807) is 6.07 Å². The molecule has 0 radical (unpaired) electrons. The second kappa shape index (κ2) is 12.3. The fraction of sp³-hybridized carbons (Fsp3) is 0.118. The smallest absolute Gasteiger partial charge is 0.429 e. The first-order valence-electron chi connectivity index (χ1n) is 13.4. The number of ether oxygens (including phenoxy) is 1. The largest absolute Gasteiger partial charge is 0.432 e. The maximum Gasteiger partial charge on any atom is 0.432 e. The van der Waals surface area contributed by atoms with E-state index in [-0.39, 0.29) is 35.4 Å². The molecule has 0 bridgehead atoms. The Balaban J connectivity index is 1.45. The standard InChI is InChI=1S/C34H20F10O/c1-2-3-17-4-6-18(7-5-17)19-8-9-23(24(35)10-19)20-11-25(36)31(26(37)12-20)21-13-27(38)32(28(39)14-21)34(43,44)45-22-15-29(40)33(42)30(41)16-22/h4-16H,2-3H2,1H3. The first-order chi connectivity index (χ1) is 21.3. The Morgan fingerprint density at radius 2 is 1.04 bits per heavy atom. The normalized spacial score (nSPS) is 11.6. The summed E-state index contributed by atoms with van der Waals surface area (Å²) in [6, 6.07) is 13.4. The zero-order valence-corrected chi connectivity index (χ0v) is 23.1. The van der Waals surface area contributed by atoms with Gasteiger partial charge in [0.1, 0.15) is 40.4 Å².